The van der Waals surface area contributed by atoms with Crippen LogP contribution in [0.2, 0.25) is 5.02 Å². The fraction of sp³-hybridized carbons (Fsp3) is 0.333. The number of fused-ring (bicyclic) bond motifs is 3. The highest BCUT2D eigenvalue weighted by Gasteiger charge is 2.34. The lowest BCUT2D eigenvalue weighted by molar-refractivity contribution is -0.133. The van der Waals surface area contributed by atoms with Gasteiger partial charge in [-0.2, -0.15) is 0 Å². The van der Waals surface area contributed by atoms with Gasteiger partial charge >= 0.3 is 6.09 Å². The fourth-order valence-electron chi connectivity index (χ4n) is 4.24. The zero-order valence-corrected chi connectivity index (χ0v) is 18.8. The van der Waals surface area contributed by atoms with Crippen LogP contribution in [-0.2, 0) is 16.0 Å². The molecule has 2 aromatic carbocycles. The molecule has 0 spiro atoms. The number of halogens is 1. The zero-order valence-electron chi connectivity index (χ0n) is 18.0. The maximum Gasteiger partial charge on any atom is 0.407 e. The van der Waals surface area contributed by atoms with Gasteiger partial charge in [0.05, 0.1) is 12.1 Å². The van der Waals surface area contributed by atoms with Crippen molar-refractivity contribution < 1.29 is 19.4 Å². The first-order valence-corrected chi connectivity index (χ1v) is 11.0. The number of aromatic nitrogens is 1. The van der Waals surface area contributed by atoms with Crippen molar-refractivity contribution in [3.8, 4) is 5.75 Å². The van der Waals surface area contributed by atoms with Crippen molar-refractivity contribution in [2.24, 2.45) is 0 Å². The maximum atomic E-state index is 13.2. The Kier molecular flexibility index (Phi) is 6.28. The van der Waals surface area contributed by atoms with Gasteiger partial charge in [0, 0.05) is 41.1 Å². The lowest BCUT2D eigenvalue weighted by Gasteiger charge is -2.36. The molecule has 0 radical (unpaired) electrons. The van der Waals surface area contributed by atoms with Crippen molar-refractivity contribution in [2.45, 2.75) is 38.8 Å². The number of hydrogen-bond donors (Lipinski definition) is 3. The summed E-state index contributed by atoms with van der Waals surface area (Å²) in [4.78, 5) is 30.2. The highest BCUT2D eigenvalue weighted by Crippen LogP contribution is 2.40. The van der Waals surface area contributed by atoms with E-state index in [1.165, 1.54) is 0 Å². The molecular formula is C24H26ClN3O4. The number of carbonyl (C=O) groups excluding carboxylic acids is 2. The van der Waals surface area contributed by atoms with E-state index in [1.54, 1.807) is 36.9 Å². The first-order chi connectivity index (χ1) is 15.3. The molecule has 3 N–H and O–H groups in total. The van der Waals surface area contributed by atoms with Crippen molar-refractivity contribution in [1.29, 1.82) is 0 Å². The van der Waals surface area contributed by atoms with E-state index < -0.39 is 6.09 Å². The van der Waals surface area contributed by atoms with E-state index in [0.29, 0.717) is 18.0 Å². The van der Waals surface area contributed by atoms with Crippen molar-refractivity contribution in [1.82, 2.24) is 15.2 Å². The van der Waals surface area contributed by atoms with E-state index in [0.717, 1.165) is 27.7 Å². The summed E-state index contributed by atoms with van der Waals surface area (Å²) >= 11 is 6.23. The molecule has 0 fully saturated rings. The number of nitrogens with zero attached hydrogens (tertiary/aromatic N) is 1. The summed E-state index contributed by atoms with van der Waals surface area (Å²) in [7, 11) is 0. The number of aromatic amines is 1. The number of hydrogen-bond acceptors (Lipinski definition) is 4. The molecule has 4 rings (SSSR count). The number of nitrogens with one attached hydrogen (secondary N) is 2. The molecule has 0 bridgehead atoms. The van der Waals surface area contributed by atoms with Gasteiger partial charge in [-0.1, -0.05) is 23.7 Å². The first-order valence-electron chi connectivity index (χ1n) is 10.7. The van der Waals surface area contributed by atoms with Gasteiger partial charge in [-0.05, 0) is 61.7 Å². The molecular weight excluding hydrogens is 430 g/mol. The van der Waals surface area contributed by atoms with Gasteiger partial charge in [0.1, 0.15) is 5.75 Å². The number of alkyl carbamates (subject to hydrolysis) is 1. The molecule has 0 aliphatic carbocycles. The van der Waals surface area contributed by atoms with E-state index in [9.17, 15) is 14.7 Å². The maximum absolute atomic E-state index is 13.2. The molecule has 8 heteroatoms. The summed E-state index contributed by atoms with van der Waals surface area (Å²) in [6.45, 7) is 4.23. The monoisotopic (exact) mass is 455 g/mol. The minimum absolute atomic E-state index is 0.0921. The predicted molar refractivity (Wildman–Crippen MR) is 123 cm³/mol. The summed E-state index contributed by atoms with van der Waals surface area (Å²) in [5, 5.41) is 14.4. The van der Waals surface area contributed by atoms with Crippen LogP contribution in [0.3, 0.4) is 0 Å². The van der Waals surface area contributed by atoms with Crippen molar-refractivity contribution in [3.63, 3.8) is 0 Å². The van der Waals surface area contributed by atoms with Crippen LogP contribution in [0.5, 0.6) is 5.75 Å². The quantitative estimate of drug-likeness (QED) is 0.527. The Morgan fingerprint density at radius 3 is 2.84 bits per heavy atom. The molecule has 1 aliphatic rings. The Balaban J connectivity index is 1.63. The van der Waals surface area contributed by atoms with Crippen LogP contribution in [0.4, 0.5) is 4.79 Å². The van der Waals surface area contributed by atoms with Crippen LogP contribution in [0, 0.1) is 0 Å². The Morgan fingerprint density at radius 1 is 1.28 bits per heavy atom. The van der Waals surface area contributed by atoms with E-state index in [1.807, 2.05) is 24.3 Å². The van der Waals surface area contributed by atoms with Crippen LogP contribution < -0.4 is 5.32 Å². The Morgan fingerprint density at radius 2 is 2.09 bits per heavy atom. The summed E-state index contributed by atoms with van der Waals surface area (Å²) in [6.07, 6.45) is 0.0614. The van der Waals surface area contributed by atoms with E-state index in [4.69, 9.17) is 16.3 Å². The number of benzene rings is 2. The highest BCUT2D eigenvalue weighted by molar-refractivity contribution is 6.31. The second kappa shape index (κ2) is 9.12. The molecule has 2 heterocycles. The fourth-order valence-corrected chi connectivity index (χ4v) is 4.41. The third-order valence-electron chi connectivity index (χ3n) is 5.55. The molecule has 2 amide bonds. The minimum Gasteiger partial charge on any atom is -0.508 e. The molecule has 0 saturated carbocycles. The zero-order chi connectivity index (χ0) is 22.8. The second-order valence-corrected chi connectivity index (χ2v) is 8.61. The average Bonchev–Trinajstić information content (AvgIpc) is 3.10. The standard InChI is InChI=1S/C24H26ClN3O4/c1-14(2)32-24(31)26-10-8-21(30)28-11-9-18-19-13-16(25)6-7-20(19)27-22(18)23(28)15-4-3-5-17(29)12-15/h3-7,12-14,23,27,29H,8-11H2,1-2H3,(H,26,31). The normalized spacial score (nSPS) is 15.6. The van der Waals surface area contributed by atoms with Gasteiger partial charge < -0.3 is 25.0 Å². The SMILES string of the molecule is CC(C)OC(=O)NCCC(=O)N1CCc2c([nH]c3ccc(Cl)cc23)C1c1cccc(O)c1. The van der Waals surface area contributed by atoms with Crippen molar-refractivity contribution in [3.05, 3.63) is 64.3 Å². The number of H-pyrrole nitrogens is 1. The number of aromatic hydroxyl groups is 1. The molecule has 32 heavy (non-hydrogen) atoms. The molecule has 1 unspecified atom stereocenters. The average molecular weight is 456 g/mol. The van der Waals surface area contributed by atoms with Gasteiger partial charge in [0.15, 0.2) is 0 Å². The number of phenolic OH excluding ortho intramolecular Hbond substituents is 1. The van der Waals surface area contributed by atoms with Gasteiger partial charge in [-0.25, -0.2) is 4.79 Å². The topological polar surface area (TPSA) is 94.7 Å². The Bertz CT molecular complexity index is 1160. The predicted octanol–water partition coefficient (Wildman–Crippen LogP) is 4.53. The van der Waals surface area contributed by atoms with Gasteiger partial charge in [-0.3, -0.25) is 4.79 Å². The minimum atomic E-state index is -0.536. The number of phenols is 1. The smallest absolute Gasteiger partial charge is 0.407 e. The molecule has 1 aliphatic heterocycles. The van der Waals surface area contributed by atoms with Gasteiger partial charge in [0.2, 0.25) is 5.91 Å². The van der Waals surface area contributed by atoms with Crippen LogP contribution in [0.1, 0.15) is 43.1 Å². The van der Waals surface area contributed by atoms with E-state index in [2.05, 4.69) is 10.3 Å². The summed E-state index contributed by atoms with van der Waals surface area (Å²) in [5.74, 6) is 0.0461. The van der Waals surface area contributed by atoms with E-state index >= 15 is 0 Å². The number of rotatable bonds is 5. The summed E-state index contributed by atoms with van der Waals surface area (Å²) in [6, 6.07) is 12.3. The molecule has 168 valence electrons. The highest BCUT2D eigenvalue weighted by atomic mass is 35.5. The van der Waals surface area contributed by atoms with Gasteiger partial charge in [0.25, 0.3) is 0 Å². The largest absolute Gasteiger partial charge is 0.508 e. The van der Waals surface area contributed by atoms with Crippen molar-refractivity contribution in [2.75, 3.05) is 13.1 Å². The Labute approximate surface area is 191 Å². The second-order valence-electron chi connectivity index (χ2n) is 8.17. The molecule has 3 aromatic rings. The number of ether oxygens (including phenoxy) is 1. The number of carbonyl (C=O) groups is 2. The van der Waals surface area contributed by atoms with Crippen LogP contribution in [-0.4, -0.2) is 46.2 Å². The Hall–Kier alpha value is -3.19. The lowest BCUT2D eigenvalue weighted by Crippen LogP contribution is -2.42. The molecule has 1 aromatic heterocycles. The lowest BCUT2D eigenvalue weighted by atomic mass is 9.92. The molecule has 1 atom stereocenters. The first kappa shape index (κ1) is 22.0. The summed E-state index contributed by atoms with van der Waals surface area (Å²) in [5.41, 5.74) is 3.80. The molecule has 0 saturated heterocycles. The van der Waals surface area contributed by atoms with Crippen LogP contribution in [0.15, 0.2) is 42.5 Å². The van der Waals surface area contributed by atoms with Crippen LogP contribution in [0.25, 0.3) is 10.9 Å². The van der Waals surface area contributed by atoms with Crippen molar-refractivity contribution >= 4 is 34.5 Å². The van der Waals surface area contributed by atoms with Gasteiger partial charge in [-0.15, -0.1) is 0 Å². The third kappa shape index (κ3) is 4.53. The molecule has 7 nitrogen and oxygen atoms in total. The summed E-state index contributed by atoms with van der Waals surface area (Å²) < 4.78 is 5.05. The van der Waals surface area contributed by atoms with E-state index in [-0.39, 0.29) is 36.8 Å². The number of amides is 2. The van der Waals surface area contributed by atoms with Crippen LogP contribution >= 0.6 is 11.6 Å². The third-order valence-corrected chi connectivity index (χ3v) is 5.78.